The van der Waals surface area contributed by atoms with Crippen LogP contribution in [0.2, 0.25) is 5.02 Å². The number of H-pyrrole nitrogens is 1. The standard InChI is InChI=1S/C27H26ClN3O3/c1-2-34-20-9-7-8-18(14-20)16-30-27(33)25(31-26(32)22-11-3-5-12-23(22)28)15-19-17-29-24-13-6-4-10-21(19)24/h3-14,17,25,29H,2,15-16H2,1H3,(H,30,33)(H,31,32). The fourth-order valence-corrected chi connectivity index (χ4v) is 4.06. The van der Waals surface area contributed by atoms with Gasteiger partial charge in [0.25, 0.3) is 5.91 Å². The van der Waals surface area contributed by atoms with Gasteiger partial charge >= 0.3 is 0 Å². The van der Waals surface area contributed by atoms with E-state index in [4.69, 9.17) is 16.3 Å². The molecule has 1 heterocycles. The first-order valence-electron chi connectivity index (χ1n) is 11.1. The lowest BCUT2D eigenvalue weighted by Crippen LogP contribution is -2.47. The van der Waals surface area contributed by atoms with Gasteiger partial charge in [-0.2, -0.15) is 0 Å². The van der Waals surface area contributed by atoms with E-state index in [1.165, 1.54) is 0 Å². The summed E-state index contributed by atoms with van der Waals surface area (Å²) in [4.78, 5) is 29.4. The lowest BCUT2D eigenvalue weighted by Gasteiger charge is -2.19. The lowest BCUT2D eigenvalue weighted by molar-refractivity contribution is -0.123. The van der Waals surface area contributed by atoms with Crippen LogP contribution in [0.4, 0.5) is 0 Å². The summed E-state index contributed by atoms with van der Waals surface area (Å²) >= 11 is 6.21. The number of carbonyl (C=O) groups is 2. The first kappa shape index (κ1) is 23.4. The second kappa shape index (κ2) is 10.9. The SMILES string of the molecule is CCOc1cccc(CNC(=O)C(Cc2c[nH]c3ccccc23)NC(=O)c2ccccc2Cl)c1. The molecule has 6 nitrogen and oxygen atoms in total. The number of para-hydroxylation sites is 1. The van der Waals surface area contributed by atoms with Gasteiger partial charge in [0, 0.05) is 30.1 Å². The van der Waals surface area contributed by atoms with Gasteiger partial charge in [-0.05, 0) is 48.4 Å². The van der Waals surface area contributed by atoms with Crippen molar-refractivity contribution in [1.82, 2.24) is 15.6 Å². The molecule has 0 saturated heterocycles. The zero-order chi connectivity index (χ0) is 23.9. The van der Waals surface area contributed by atoms with E-state index in [1.54, 1.807) is 24.3 Å². The number of halogens is 1. The van der Waals surface area contributed by atoms with E-state index in [2.05, 4.69) is 15.6 Å². The molecule has 0 bridgehead atoms. The smallest absolute Gasteiger partial charge is 0.253 e. The van der Waals surface area contributed by atoms with Gasteiger partial charge in [0.05, 0.1) is 17.2 Å². The Morgan fingerprint density at radius 3 is 2.65 bits per heavy atom. The molecule has 174 valence electrons. The predicted molar refractivity (Wildman–Crippen MR) is 134 cm³/mol. The van der Waals surface area contributed by atoms with Crippen molar-refractivity contribution < 1.29 is 14.3 Å². The van der Waals surface area contributed by atoms with Crippen molar-refractivity contribution in [2.45, 2.75) is 25.9 Å². The van der Waals surface area contributed by atoms with Gasteiger partial charge in [-0.1, -0.05) is 54.1 Å². The Balaban J connectivity index is 1.53. The molecule has 1 atom stereocenters. The number of benzene rings is 3. The number of hydrogen-bond donors (Lipinski definition) is 3. The Hall–Kier alpha value is -3.77. The summed E-state index contributed by atoms with van der Waals surface area (Å²) < 4.78 is 5.54. The highest BCUT2D eigenvalue weighted by Gasteiger charge is 2.24. The molecular weight excluding hydrogens is 450 g/mol. The number of fused-ring (bicyclic) bond motifs is 1. The van der Waals surface area contributed by atoms with Crippen molar-refractivity contribution in [3.05, 3.63) is 101 Å². The van der Waals surface area contributed by atoms with Crippen molar-refractivity contribution in [2.75, 3.05) is 6.61 Å². The molecule has 0 aliphatic heterocycles. The Morgan fingerprint density at radius 2 is 1.82 bits per heavy atom. The highest BCUT2D eigenvalue weighted by atomic mass is 35.5. The quantitative estimate of drug-likeness (QED) is 0.322. The van der Waals surface area contributed by atoms with E-state index >= 15 is 0 Å². The molecule has 3 aromatic carbocycles. The van der Waals surface area contributed by atoms with Crippen LogP contribution in [-0.2, 0) is 17.8 Å². The van der Waals surface area contributed by atoms with Crippen LogP contribution in [0.15, 0.2) is 79.0 Å². The van der Waals surface area contributed by atoms with Gasteiger partial charge in [0.1, 0.15) is 11.8 Å². The second-order valence-corrected chi connectivity index (χ2v) is 8.27. The first-order chi connectivity index (χ1) is 16.5. The van der Waals surface area contributed by atoms with Crippen LogP contribution in [0.1, 0.15) is 28.4 Å². The van der Waals surface area contributed by atoms with Crippen LogP contribution in [0.3, 0.4) is 0 Å². The maximum Gasteiger partial charge on any atom is 0.253 e. The summed E-state index contributed by atoms with van der Waals surface area (Å²) in [5.41, 5.74) is 3.14. The van der Waals surface area contributed by atoms with E-state index < -0.39 is 11.9 Å². The minimum Gasteiger partial charge on any atom is -0.494 e. The third-order valence-corrected chi connectivity index (χ3v) is 5.85. The average Bonchev–Trinajstić information content (AvgIpc) is 3.25. The van der Waals surface area contributed by atoms with Crippen molar-refractivity contribution in [1.29, 1.82) is 0 Å². The van der Waals surface area contributed by atoms with E-state index in [9.17, 15) is 9.59 Å². The van der Waals surface area contributed by atoms with E-state index in [1.807, 2.05) is 61.7 Å². The Morgan fingerprint density at radius 1 is 1.03 bits per heavy atom. The van der Waals surface area contributed by atoms with Crippen LogP contribution in [0.5, 0.6) is 5.75 Å². The molecule has 1 unspecified atom stereocenters. The largest absolute Gasteiger partial charge is 0.494 e. The second-order valence-electron chi connectivity index (χ2n) is 7.87. The predicted octanol–water partition coefficient (Wildman–Crippen LogP) is 4.88. The van der Waals surface area contributed by atoms with E-state index in [0.29, 0.717) is 30.2 Å². The molecule has 4 rings (SSSR count). The highest BCUT2D eigenvalue weighted by molar-refractivity contribution is 6.33. The number of aromatic amines is 1. The summed E-state index contributed by atoms with van der Waals surface area (Å²) in [6.45, 7) is 2.80. The Bertz CT molecular complexity index is 1300. The van der Waals surface area contributed by atoms with Crippen LogP contribution in [-0.4, -0.2) is 29.4 Å². The lowest BCUT2D eigenvalue weighted by atomic mass is 10.0. The van der Waals surface area contributed by atoms with Gasteiger partial charge in [0.15, 0.2) is 0 Å². The van der Waals surface area contributed by atoms with Crippen molar-refractivity contribution in [3.8, 4) is 5.75 Å². The molecule has 0 fully saturated rings. The van der Waals surface area contributed by atoms with Crippen molar-refractivity contribution in [3.63, 3.8) is 0 Å². The molecule has 0 aliphatic carbocycles. The van der Waals surface area contributed by atoms with Crippen LogP contribution in [0, 0.1) is 0 Å². The van der Waals surface area contributed by atoms with Crippen molar-refractivity contribution >= 4 is 34.3 Å². The molecule has 0 saturated carbocycles. The molecule has 34 heavy (non-hydrogen) atoms. The number of nitrogens with one attached hydrogen (secondary N) is 3. The molecule has 1 aromatic heterocycles. The molecule has 2 amide bonds. The third-order valence-electron chi connectivity index (χ3n) is 5.52. The number of ether oxygens (including phenoxy) is 1. The Labute approximate surface area is 203 Å². The summed E-state index contributed by atoms with van der Waals surface area (Å²) in [6, 6.07) is 21.4. The van der Waals surface area contributed by atoms with Gasteiger partial charge < -0.3 is 20.4 Å². The number of amides is 2. The summed E-state index contributed by atoms with van der Waals surface area (Å²) in [5.74, 6) is 0.0630. The molecule has 7 heteroatoms. The molecule has 0 spiro atoms. The Kier molecular flexibility index (Phi) is 7.50. The fraction of sp³-hybridized carbons (Fsp3) is 0.185. The molecule has 4 aromatic rings. The maximum atomic E-state index is 13.2. The van der Waals surface area contributed by atoms with Crippen LogP contribution in [0.25, 0.3) is 10.9 Å². The zero-order valence-electron chi connectivity index (χ0n) is 18.8. The number of rotatable bonds is 9. The normalized spacial score (nSPS) is 11.7. The van der Waals surface area contributed by atoms with Gasteiger partial charge in [-0.25, -0.2) is 0 Å². The highest BCUT2D eigenvalue weighted by Crippen LogP contribution is 2.20. The first-order valence-corrected chi connectivity index (χ1v) is 11.5. The maximum absolute atomic E-state index is 13.2. The summed E-state index contributed by atoms with van der Waals surface area (Å²) in [6.07, 6.45) is 2.20. The molecule has 0 aliphatic rings. The monoisotopic (exact) mass is 475 g/mol. The van der Waals surface area contributed by atoms with Gasteiger partial charge in [-0.15, -0.1) is 0 Å². The third kappa shape index (κ3) is 5.58. The summed E-state index contributed by atoms with van der Waals surface area (Å²) in [5, 5.41) is 7.16. The number of carbonyl (C=O) groups excluding carboxylic acids is 2. The minimum absolute atomic E-state index is 0.285. The zero-order valence-corrected chi connectivity index (χ0v) is 19.6. The summed E-state index contributed by atoms with van der Waals surface area (Å²) in [7, 11) is 0. The molecular formula is C27H26ClN3O3. The number of aromatic nitrogens is 1. The average molecular weight is 476 g/mol. The minimum atomic E-state index is -0.793. The van der Waals surface area contributed by atoms with Crippen molar-refractivity contribution in [2.24, 2.45) is 0 Å². The van der Waals surface area contributed by atoms with E-state index in [-0.39, 0.29) is 5.91 Å². The van der Waals surface area contributed by atoms with Crippen LogP contribution < -0.4 is 15.4 Å². The topological polar surface area (TPSA) is 83.2 Å². The van der Waals surface area contributed by atoms with Gasteiger partial charge in [-0.3, -0.25) is 9.59 Å². The van der Waals surface area contributed by atoms with Gasteiger partial charge in [0.2, 0.25) is 5.91 Å². The fourth-order valence-electron chi connectivity index (χ4n) is 3.84. The van der Waals surface area contributed by atoms with E-state index in [0.717, 1.165) is 27.8 Å². The van der Waals surface area contributed by atoms with Crippen LogP contribution >= 0.6 is 11.6 Å². The molecule has 0 radical (unpaired) electrons. The number of hydrogen-bond acceptors (Lipinski definition) is 3. The molecule has 3 N–H and O–H groups in total.